The second-order valence-electron chi connectivity index (χ2n) is 7.14. The number of amides is 1. The van der Waals surface area contributed by atoms with Crippen molar-refractivity contribution in [3.05, 3.63) is 47.2 Å². The molecule has 2 aromatic rings. The molecule has 28 heavy (non-hydrogen) atoms. The van der Waals surface area contributed by atoms with Crippen molar-refractivity contribution >= 4 is 17.6 Å². The molecule has 2 rings (SSSR count). The zero-order chi connectivity index (χ0) is 20.5. The van der Waals surface area contributed by atoms with Gasteiger partial charge in [0.1, 0.15) is 5.76 Å². The molecule has 3 N–H and O–H groups in total. The number of hydrogen-bond acceptors (Lipinski definition) is 4. The van der Waals surface area contributed by atoms with Crippen molar-refractivity contribution in [2.24, 2.45) is 10.9 Å². The summed E-state index contributed by atoms with van der Waals surface area (Å²) >= 11 is 0. The van der Waals surface area contributed by atoms with Crippen molar-refractivity contribution in [3.8, 4) is 0 Å². The Balaban J connectivity index is 1.97. The molecule has 7 nitrogen and oxygen atoms in total. The van der Waals surface area contributed by atoms with E-state index in [1.54, 1.807) is 0 Å². The van der Waals surface area contributed by atoms with Gasteiger partial charge in [-0.15, -0.1) is 0 Å². The Hall–Kier alpha value is -2.83. The first kappa shape index (κ1) is 21.5. The van der Waals surface area contributed by atoms with Crippen LogP contribution in [0, 0.1) is 19.8 Å². The van der Waals surface area contributed by atoms with Crippen LogP contribution in [0.1, 0.15) is 50.1 Å². The van der Waals surface area contributed by atoms with Gasteiger partial charge in [-0.2, -0.15) is 0 Å². The highest BCUT2D eigenvalue weighted by Crippen LogP contribution is 2.13. The monoisotopic (exact) mass is 385 g/mol. The maximum absolute atomic E-state index is 12.0. The molecule has 0 saturated carbocycles. The third kappa shape index (κ3) is 7.06. The van der Waals surface area contributed by atoms with Crippen LogP contribution in [-0.2, 0) is 17.9 Å². The molecule has 152 valence electrons. The summed E-state index contributed by atoms with van der Waals surface area (Å²) in [5.74, 6) is 2.51. The number of nitrogens with one attached hydrogen (secondary N) is 3. The van der Waals surface area contributed by atoms with Crippen molar-refractivity contribution in [1.29, 1.82) is 0 Å². The van der Waals surface area contributed by atoms with Crippen molar-refractivity contribution in [3.63, 3.8) is 0 Å². The first-order chi connectivity index (χ1) is 13.4. The summed E-state index contributed by atoms with van der Waals surface area (Å²) in [6.45, 7) is 11.6. The van der Waals surface area contributed by atoms with E-state index in [1.165, 1.54) is 0 Å². The molecule has 0 atom stereocenters. The first-order valence-electron chi connectivity index (χ1n) is 9.71. The molecular formula is C21H31N5O2. The summed E-state index contributed by atoms with van der Waals surface area (Å²) < 4.78 is 5.59. The lowest BCUT2D eigenvalue weighted by Gasteiger charge is -2.11. The van der Waals surface area contributed by atoms with Gasteiger partial charge in [0.05, 0.1) is 18.8 Å². The van der Waals surface area contributed by atoms with Crippen LogP contribution in [0.15, 0.2) is 33.7 Å². The number of carbonyl (C=O) groups excluding carboxylic acids is 1. The highest BCUT2D eigenvalue weighted by molar-refractivity contribution is 5.90. The van der Waals surface area contributed by atoms with E-state index in [1.807, 2.05) is 58.9 Å². The van der Waals surface area contributed by atoms with E-state index < -0.39 is 0 Å². The molecule has 7 heteroatoms. The lowest BCUT2D eigenvalue weighted by Crippen LogP contribution is -2.36. The summed E-state index contributed by atoms with van der Waals surface area (Å²) in [4.78, 5) is 20.9. The van der Waals surface area contributed by atoms with E-state index in [4.69, 9.17) is 4.42 Å². The third-order valence-corrected chi connectivity index (χ3v) is 4.05. The number of anilines is 1. The Labute approximate surface area is 167 Å². The average molecular weight is 386 g/mol. The van der Waals surface area contributed by atoms with E-state index >= 15 is 0 Å². The van der Waals surface area contributed by atoms with Gasteiger partial charge in [-0.25, -0.2) is 9.98 Å². The Bertz CT molecular complexity index is 791. The molecule has 0 aliphatic carbocycles. The smallest absolute Gasteiger partial charge is 0.224 e. The van der Waals surface area contributed by atoms with E-state index in [2.05, 4.69) is 25.9 Å². The zero-order valence-corrected chi connectivity index (χ0v) is 17.4. The van der Waals surface area contributed by atoms with Gasteiger partial charge in [-0.05, 0) is 44.4 Å². The Morgan fingerprint density at radius 3 is 2.68 bits per heavy atom. The quantitative estimate of drug-likeness (QED) is 0.478. The Kier molecular flexibility index (Phi) is 8.04. The molecule has 0 aliphatic rings. The molecule has 0 bridgehead atoms. The standard InChI is InChI=1S/C21H31N5O2/c1-6-22-21(24-13-20-25-15(4)16(5)28-20)23-12-17-8-7-9-18(11-17)26-19(27)10-14(2)3/h7-9,11,14H,6,10,12-13H2,1-5H3,(H,26,27)(H2,22,23,24). The Morgan fingerprint density at radius 1 is 1.25 bits per heavy atom. The predicted molar refractivity (Wildman–Crippen MR) is 112 cm³/mol. The van der Waals surface area contributed by atoms with Gasteiger partial charge in [-0.1, -0.05) is 26.0 Å². The van der Waals surface area contributed by atoms with E-state index in [0.29, 0.717) is 37.3 Å². The van der Waals surface area contributed by atoms with E-state index in [-0.39, 0.29) is 5.91 Å². The number of aryl methyl sites for hydroxylation is 2. The van der Waals surface area contributed by atoms with Gasteiger partial charge in [0.25, 0.3) is 0 Å². The zero-order valence-electron chi connectivity index (χ0n) is 17.4. The SMILES string of the molecule is CCNC(=NCc1cccc(NC(=O)CC(C)C)c1)NCc1nc(C)c(C)o1. The van der Waals surface area contributed by atoms with Crippen LogP contribution in [0.25, 0.3) is 0 Å². The number of hydrogen-bond donors (Lipinski definition) is 3. The fourth-order valence-electron chi connectivity index (χ4n) is 2.62. The van der Waals surface area contributed by atoms with Gasteiger partial charge in [0.2, 0.25) is 11.8 Å². The largest absolute Gasteiger partial charge is 0.444 e. The van der Waals surface area contributed by atoms with Crippen LogP contribution >= 0.6 is 0 Å². The number of carbonyl (C=O) groups is 1. The summed E-state index contributed by atoms with van der Waals surface area (Å²) in [6, 6.07) is 7.76. The second kappa shape index (κ2) is 10.5. The van der Waals surface area contributed by atoms with Crippen molar-refractivity contribution < 1.29 is 9.21 Å². The van der Waals surface area contributed by atoms with Crippen molar-refractivity contribution in [2.45, 2.75) is 54.1 Å². The number of aromatic nitrogens is 1. The van der Waals surface area contributed by atoms with Gasteiger partial charge in [0.15, 0.2) is 5.96 Å². The van der Waals surface area contributed by atoms with Crippen LogP contribution < -0.4 is 16.0 Å². The molecule has 1 aromatic carbocycles. The minimum absolute atomic E-state index is 0.0298. The minimum atomic E-state index is 0.0298. The fourth-order valence-corrected chi connectivity index (χ4v) is 2.62. The number of guanidine groups is 1. The normalized spacial score (nSPS) is 11.6. The van der Waals surface area contributed by atoms with E-state index in [9.17, 15) is 4.79 Å². The van der Waals surface area contributed by atoms with Crippen LogP contribution in [0.4, 0.5) is 5.69 Å². The number of nitrogens with zero attached hydrogens (tertiary/aromatic N) is 2. The number of rotatable bonds is 8. The molecule has 0 radical (unpaired) electrons. The summed E-state index contributed by atoms with van der Waals surface area (Å²) in [5.41, 5.74) is 2.71. The minimum Gasteiger partial charge on any atom is -0.444 e. The number of aliphatic imine (C=N–C) groups is 1. The predicted octanol–water partition coefficient (Wildman–Crippen LogP) is 3.53. The fraction of sp³-hybridized carbons (Fsp3) is 0.476. The Morgan fingerprint density at radius 2 is 2.04 bits per heavy atom. The highest BCUT2D eigenvalue weighted by Gasteiger charge is 2.07. The van der Waals surface area contributed by atoms with Gasteiger partial charge >= 0.3 is 0 Å². The first-order valence-corrected chi connectivity index (χ1v) is 9.71. The molecule has 1 heterocycles. The molecule has 0 fully saturated rings. The number of oxazole rings is 1. The molecule has 1 amide bonds. The number of benzene rings is 1. The lowest BCUT2D eigenvalue weighted by atomic mass is 10.1. The van der Waals surface area contributed by atoms with Crippen molar-refractivity contribution in [1.82, 2.24) is 15.6 Å². The second-order valence-corrected chi connectivity index (χ2v) is 7.14. The van der Waals surface area contributed by atoms with Crippen LogP contribution in [-0.4, -0.2) is 23.4 Å². The molecule has 0 aliphatic heterocycles. The third-order valence-electron chi connectivity index (χ3n) is 4.05. The van der Waals surface area contributed by atoms with Crippen LogP contribution in [0.3, 0.4) is 0 Å². The lowest BCUT2D eigenvalue weighted by molar-refractivity contribution is -0.116. The van der Waals surface area contributed by atoms with Crippen LogP contribution in [0.5, 0.6) is 0 Å². The molecule has 1 aromatic heterocycles. The molecular weight excluding hydrogens is 354 g/mol. The summed E-state index contributed by atoms with van der Waals surface area (Å²) in [7, 11) is 0. The van der Waals surface area contributed by atoms with Gasteiger partial charge in [-0.3, -0.25) is 4.79 Å². The van der Waals surface area contributed by atoms with Gasteiger partial charge < -0.3 is 20.4 Å². The van der Waals surface area contributed by atoms with Crippen LogP contribution in [0.2, 0.25) is 0 Å². The summed E-state index contributed by atoms with van der Waals surface area (Å²) in [5, 5.41) is 9.38. The van der Waals surface area contributed by atoms with Gasteiger partial charge in [0, 0.05) is 18.7 Å². The average Bonchev–Trinajstić information content (AvgIpc) is 2.95. The summed E-state index contributed by atoms with van der Waals surface area (Å²) in [6.07, 6.45) is 0.511. The highest BCUT2D eigenvalue weighted by atomic mass is 16.4. The topological polar surface area (TPSA) is 91.5 Å². The molecule has 0 spiro atoms. The molecule has 0 saturated heterocycles. The maximum atomic E-state index is 12.0. The van der Waals surface area contributed by atoms with Crippen molar-refractivity contribution in [2.75, 3.05) is 11.9 Å². The maximum Gasteiger partial charge on any atom is 0.224 e. The van der Waals surface area contributed by atoms with E-state index in [0.717, 1.165) is 29.2 Å². The molecule has 0 unspecified atom stereocenters.